The quantitative estimate of drug-likeness (QED) is 0.198. The summed E-state index contributed by atoms with van der Waals surface area (Å²) in [6, 6.07) is 8.48. The third-order valence-electron chi connectivity index (χ3n) is 14.3. The van der Waals surface area contributed by atoms with E-state index in [1.165, 1.54) is 9.14 Å². The van der Waals surface area contributed by atoms with E-state index in [4.69, 9.17) is 0 Å². The molecule has 0 spiro atoms. The van der Waals surface area contributed by atoms with Crippen molar-refractivity contribution in [2.45, 2.75) is 99.3 Å². The Balaban J connectivity index is 1.42. The van der Waals surface area contributed by atoms with Crippen molar-refractivity contribution in [3.63, 3.8) is 0 Å². The molecule has 5 fully saturated rings. The summed E-state index contributed by atoms with van der Waals surface area (Å²) in [6.07, 6.45) is 11.1. The molecule has 5 aliphatic rings. The van der Waals surface area contributed by atoms with Gasteiger partial charge in [-0.05, 0) is 162 Å². The first-order chi connectivity index (χ1) is 19.1. The van der Waals surface area contributed by atoms with E-state index in [9.17, 15) is 14.7 Å². The molecular weight excluding hydrogens is 619 g/mol. The van der Waals surface area contributed by atoms with Crippen molar-refractivity contribution in [2.24, 2.45) is 56.7 Å². The molecule has 2 unspecified atom stereocenters. The van der Waals surface area contributed by atoms with Crippen LogP contribution in [0.3, 0.4) is 0 Å². The summed E-state index contributed by atoms with van der Waals surface area (Å²) >= 11 is 2.35. The third-order valence-corrected chi connectivity index (χ3v) is 14.9. The number of rotatable bonds is 3. The van der Waals surface area contributed by atoms with E-state index < -0.39 is 11.4 Å². The fraction of sp³-hybridized carbons (Fsp3) is 0.676. The molecule has 41 heavy (non-hydrogen) atoms. The van der Waals surface area contributed by atoms with Gasteiger partial charge in [0.25, 0.3) is 0 Å². The summed E-state index contributed by atoms with van der Waals surface area (Å²) < 4.78 is 1.19. The van der Waals surface area contributed by atoms with Gasteiger partial charge in [-0.2, -0.15) is 0 Å². The van der Waals surface area contributed by atoms with E-state index >= 15 is 0 Å². The van der Waals surface area contributed by atoms with Crippen LogP contribution in [0.2, 0.25) is 0 Å². The molecule has 5 aliphatic carbocycles. The maximum absolute atomic E-state index is 14.1. The van der Waals surface area contributed by atoms with Crippen LogP contribution in [0.1, 0.15) is 105 Å². The Morgan fingerprint density at radius 2 is 1.71 bits per heavy atom. The van der Waals surface area contributed by atoms with Gasteiger partial charge < -0.3 is 5.11 Å². The summed E-state index contributed by atoms with van der Waals surface area (Å²) in [5.41, 5.74) is 2.59. The summed E-state index contributed by atoms with van der Waals surface area (Å²) in [7, 11) is 0. The van der Waals surface area contributed by atoms with Gasteiger partial charge in [-0.15, -0.1) is 0 Å². The first-order valence-electron chi connectivity index (χ1n) is 16.0. The maximum atomic E-state index is 14.1. The average molecular weight is 669 g/mol. The van der Waals surface area contributed by atoms with Crippen LogP contribution in [0.4, 0.5) is 0 Å². The Labute approximate surface area is 261 Å². The predicted molar refractivity (Wildman–Crippen MR) is 174 cm³/mol. The van der Waals surface area contributed by atoms with E-state index in [-0.39, 0.29) is 27.6 Å². The second-order valence-corrected chi connectivity index (χ2v) is 17.3. The SMILES string of the molecule is C=C(C)[C@@H]1CC[C@]2(C(=O)O)CC[C@]3(C)[C@H](CC[C@@H]4[C@@]5(C)C/C(=C/c6cccc(I)c6)C(=O)C(C)(C)C5CC[C@]43C)C12. The number of hydrogen-bond acceptors (Lipinski definition) is 2. The molecule has 0 saturated heterocycles. The van der Waals surface area contributed by atoms with Gasteiger partial charge in [0.1, 0.15) is 0 Å². The van der Waals surface area contributed by atoms with E-state index in [0.29, 0.717) is 29.5 Å². The molecule has 0 aromatic heterocycles. The molecule has 5 saturated carbocycles. The van der Waals surface area contributed by atoms with Crippen LogP contribution in [0.15, 0.2) is 42.0 Å². The van der Waals surface area contributed by atoms with Crippen LogP contribution < -0.4 is 0 Å². The standard InChI is InChI=1S/C37H49IO3/c1-22(2)26-13-16-37(32(40)41)18-17-35(6)27(30(26)37)11-12-29-34(5)21-24(19-23-9-8-10-25(38)20-23)31(39)33(3,4)28(34)14-15-36(29,35)7/h8-10,19-20,26-30H,1,11-18,21H2,2-7H3,(H,40,41)/b24-19-/t26-,27+,28?,29+,30?,34-,35+,36+,37-/m0/s1. The first-order valence-corrected chi connectivity index (χ1v) is 17.1. The van der Waals surface area contributed by atoms with E-state index in [1.54, 1.807) is 0 Å². The van der Waals surface area contributed by atoms with Crippen molar-refractivity contribution in [1.82, 2.24) is 0 Å². The topological polar surface area (TPSA) is 54.4 Å². The lowest BCUT2D eigenvalue weighted by Crippen LogP contribution is -2.67. The van der Waals surface area contributed by atoms with Crippen molar-refractivity contribution in [3.05, 3.63) is 51.1 Å². The van der Waals surface area contributed by atoms with Crippen molar-refractivity contribution < 1.29 is 14.7 Å². The molecule has 6 rings (SSSR count). The number of carboxylic acid groups (broad SMARTS) is 1. The zero-order chi connectivity index (χ0) is 29.8. The van der Waals surface area contributed by atoms with E-state index in [1.807, 2.05) is 0 Å². The molecule has 3 nitrogen and oxygen atoms in total. The van der Waals surface area contributed by atoms with Gasteiger partial charge in [0.2, 0.25) is 0 Å². The van der Waals surface area contributed by atoms with Crippen LogP contribution in [0, 0.1) is 60.2 Å². The number of carboxylic acids is 1. The monoisotopic (exact) mass is 668 g/mol. The molecule has 0 heterocycles. The number of halogens is 1. The Kier molecular flexibility index (Phi) is 6.89. The number of fused-ring (bicyclic) bond motifs is 7. The van der Waals surface area contributed by atoms with Gasteiger partial charge in [-0.25, -0.2) is 0 Å². The highest BCUT2D eigenvalue weighted by molar-refractivity contribution is 14.1. The van der Waals surface area contributed by atoms with Crippen molar-refractivity contribution in [2.75, 3.05) is 0 Å². The summed E-state index contributed by atoms with van der Waals surface area (Å²) in [4.78, 5) is 27.0. The van der Waals surface area contributed by atoms with E-state index in [2.05, 4.69) is 101 Å². The zero-order valence-electron chi connectivity index (χ0n) is 26.0. The van der Waals surface area contributed by atoms with Crippen LogP contribution in [0.5, 0.6) is 0 Å². The van der Waals surface area contributed by atoms with Gasteiger partial charge in [0, 0.05) is 8.99 Å². The lowest BCUT2D eigenvalue weighted by atomic mass is 9.32. The first kappa shape index (κ1) is 29.6. The predicted octanol–water partition coefficient (Wildman–Crippen LogP) is 9.60. The van der Waals surface area contributed by atoms with Crippen LogP contribution in [-0.4, -0.2) is 16.9 Å². The molecule has 0 bridgehead atoms. The van der Waals surface area contributed by atoms with Crippen LogP contribution >= 0.6 is 22.6 Å². The summed E-state index contributed by atoms with van der Waals surface area (Å²) in [5, 5.41) is 10.6. The number of allylic oxidation sites excluding steroid dienone is 2. The number of carbonyl (C=O) groups is 2. The van der Waals surface area contributed by atoms with E-state index in [0.717, 1.165) is 68.9 Å². The molecule has 1 aromatic rings. The zero-order valence-corrected chi connectivity index (χ0v) is 28.1. The number of carbonyl (C=O) groups excluding carboxylic acids is 1. The maximum Gasteiger partial charge on any atom is 0.309 e. The summed E-state index contributed by atoms with van der Waals surface area (Å²) in [6.45, 7) is 18.6. The fourth-order valence-electron chi connectivity index (χ4n) is 12.3. The fourth-order valence-corrected chi connectivity index (χ4v) is 12.9. The second kappa shape index (κ2) is 9.53. The number of Topliss-reactive ketones (excluding diaryl/α,β-unsaturated/α-hetero) is 1. The van der Waals surface area contributed by atoms with Gasteiger partial charge in [-0.1, -0.05) is 58.9 Å². The van der Waals surface area contributed by atoms with Crippen LogP contribution in [-0.2, 0) is 9.59 Å². The van der Waals surface area contributed by atoms with Gasteiger partial charge in [0.05, 0.1) is 5.41 Å². The van der Waals surface area contributed by atoms with Crippen LogP contribution in [0.25, 0.3) is 6.08 Å². The molecule has 0 aliphatic heterocycles. The highest BCUT2D eigenvalue weighted by Gasteiger charge is 2.72. The molecule has 9 atom stereocenters. The molecule has 4 heteroatoms. The Bertz CT molecular complexity index is 1340. The highest BCUT2D eigenvalue weighted by atomic mass is 127. The smallest absolute Gasteiger partial charge is 0.309 e. The van der Waals surface area contributed by atoms with Gasteiger partial charge in [-0.3, -0.25) is 9.59 Å². The molecule has 0 radical (unpaired) electrons. The summed E-state index contributed by atoms with van der Waals surface area (Å²) in [5.74, 6) is 1.58. The number of benzene rings is 1. The Hall–Kier alpha value is -1.43. The molecule has 0 amide bonds. The largest absolute Gasteiger partial charge is 0.481 e. The minimum absolute atomic E-state index is 0.0386. The molecular formula is C37H49IO3. The third kappa shape index (κ3) is 3.93. The second-order valence-electron chi connectivity index (χ2n) is 16.1. The van der Waals surface area contributed by atoms with Crippen molar-refractivity contribution in [3.8, 4) is 0 Å². The van der Waals surface area contributed by atoms with Crippen molar-refractivity contribution >= 4 is 40.4 Å². The average Bonchev–Trinajstić information content (AvgIpc) is 3.29. The normalized spacial score (nSPS) is 45.8. The van der Waals surface area contributed by atoms with Gasteiger partial charge in [0.15, 0.2) is 5.78 Å². The lowest BCUT2D eigenvalue weighted by molar-refractivity contribution is -0.231. The number of ketones is 1. The molecule has 1 aromatic carbocycles. The number of hydrogen-bond donors (Lipinski definition) is 1. The number of aliphatic carboxylic acids is 1. The van der Waals surface area contributed by atoms with Crippen molar-refractivity contribution in [1.29, 1.82) is 0 Å². The molecule has 222 valence electrons. The lowest BCUT2D eigenvalue weighted by Gasteiger charge is -2.72. The van der Waals surface area contributed by atoms with Gasteiger partial charge >= 0.3 is 5.97 Å². The Morgan fingerprint density at radius 3 is 2.37 bits per heavy atom. The Morgan fingerprint density at radius 1 is 0.976 bits per heavy atom. The minimum atomic E-state index is -0.583. The highest BCUT2D eigenvalue weighted by Crippen LogP contribution is 2.77. The minimum Gasteiger partial charge on any atom is -0.481 e. The molecule has 1 N–H and O–H groups in total.